The van der Waals surface area contributed by atoms with Crippen LogP contribution in [-0.4, -0.2) is 24.3 Å². The number of rotatable bonds is 2. The molecule has 0 bridgehead atoms. The van der Waals surface area contributed by atoms with Gasteiger partial charge in [-0.15, -0.1) is 5.10 Å². The first kappa shape index (κ1) is 6.35. The predicted molar refractivity (Wildman–Crippen MR) is 34.6 cm³/mol. The third-order valence-corrected chi connectivity index (χ3v) is 0.837. The minimum Gasteiger partial charge on any atom is -0.354 e. The number of nitrogens with zero attached hydrogens (tertiary/aromatic N) is 2. The molecule has 0 aliphatic carbocycles. The van der Waals surface area contributed by atoms with Crippen molar-refractivity contribution < 1.29 is 4.84 Å². The van der Waals surface area contributed by atoms with Gasteiger partial charge in [0.2, 0.25) is 0 Å². The number of hydroxylamine groups is 1. The van der Waals surface area contributed by atoms with Gasteiger partial charge in [-0.25, -0.2) is 0 Å². The maximum atomic E-state index is 5.18. The molecule has 4 heteroatoms. The normalized spacial score (nSPS) is 17.0. The standard InChI is InChI=1S/C5H11N3O/c1-5(2)9-8-4-6-3-7-8/h3,5H,4H2,1-2H3,(H,6,7). The third-order valence-electron chi connectivity index (χ3n) is 0.837. The summed E-state index contributed by atoms with van der Waals surface area (Å²) in [6.07, 6.45) is 1.81. The lowest BCUT2D eigenvalue weighted by Gasteiger charge is -2.14. The van der Waals surface area contributed by atoms with Crippen LogP contribution < -0.4 is 5.32 Å². The molecule has 0 unspecified atom stereocenters. The number of hydrogen-bond acceptors (Lipinski definition) is 4. The van der Waals surface area contributed by atoms with Gasteiger partial charge in [0.15, 0.2) is 0 Å². The Bertz CT molecular complexity index is 113. The minimum atomic E-state index is 0.196. The largest absolute Gasteiger partial charge is 0.354 e. The molecular weight excluding hydrogens is 118 g/mol. The summed E-state index contributed by atoms with van der Waals surface area (Å²) in [6.45, 7) is 4.58. The lowest BCUT2D eigenvalue weighted by Crippen LogP contribution is -2.24. The van der Waals surface area contributed by atoms with E-state index in [4.69, 9.17) is 4.84 Å². The SMILES string of the molecule is CC(C)ON1CNC=N1. The molecule has 1 N–H and O–H groups in total. The molecule has 1 heterocycles. The Morgan fingerprint density at radius 1 is 1.78 bits per heavy atom. The topological polar surface area (TPSA) is 36.9 Å². The average Bonchev–Trinajstić information content (AvgIpc) is 2.15. The molecule has 4 nitrogen and oxygen atoms in total. The molecule has 9 heavy (non-hydrogen) atoms. The summed E-state index contributed by atoms with van der Waals surface area (Å²) in [5.41, 5.74) is 0. The van der Waals surface area contributed by atoms with Crippen molar-refractivity contribution in [3.8, 4) is 0 Å². The van der Waals surface area contributed by atoms with Gasteiger partial charge in [0.05, 0.1) is 6.10 Å². The molecule has 1 rings (SSSR count). The Labute approximate surface area is 54.4 Å². The number of nitrogens with one attached hydrogen (secondary N) is 1. The van der Waals surface area contributed by atoms with Gasteiger partial charge in [-0.05, 0) is 13.8 Å². The van der Waals surface area contributed by atoms with E-state index in [1.54, 1.807) is 6.34 Å². The zero-order valence-corrected chi connectivity index (χ0v) is 5.66. The smallest absolute Gasteiger partial charge is 0.134 e. The highest BCUT2D eigenvalue weighted by Gasteiger charge is 2.05. The fourth-order valence-electron chi connectivity index (χ4n) is 0.573. The first-order valence-corrected chi connectivity index (χ1v) is 2.99. The van der Waals surface area contributed by atoms with Crippen molar-refractivity contribution in [1.29, 1.82) is 0 Å². The van der Waals surface area contributed by atoms with Crippen molar-refractivity contribution in [2.24, 2.45) is 5.10 Å². The summed E-state index contributed by atoms with van der Waals surface area (Å²) in [5, 5.41) is 8.26. The quantitative estimate of drug-likeness (QED) is 0.576. The molecule has 1 aliphatic heterocycles. The highest BCUT2D eigenvalue weighted by atomic mass is 16.7. The van der Waals surface area contributed by atoms with E-state index in [2.05, 4.69) is 10.4 Å². The second-order valence-electron chi connectivity index (χ2n) is 2.11. The number of hydrogen-bond donors (Lipinski definition) is 1. The van der Waals surface area contributed by atoms with Crippen LogP contribution in [0.3, 0.4) is 0 Å². The summed E-state index contributed by atoms with van der Waals surface area (Å²) in [4.78, 5) is 5.18. The van der Waals surface area contributed by atoms with E-state index in [0.717, 1.165) is 0 Å². The van der Waals surface area contributed by atoms with Gasteiger partial charge < -0.3 is 5.32 Å². The Kier molecular flexibility index (Phi) is 1.89. The third kappa shape index (κ3) is 1.89. The van der Waals surface area contributed by atoms with Crippen LogP contribution in [0.2, 0.25) is 0 Å². The summed E-state index contributed by atoms with van der Waals surface area (Å²) in [5.74, 6) is 0. The Morgan fingerprint density at radius 3 is 3.00 bits per heavy atom. The Balaban J connectivity index is 2.20. The molecule has 0 radical (unpaired) electrons. The van der Waals surface area contributed by atoms with Crippen LogP contribution >= 0.6 is 0 Å². The van der Waals surface area contributed by atoms with Crippen molar-refractivity contribution >= 4 is 6.34 Å². The van der Waals surface area contributed by atoms with Crippen LogP contribution in [0, 0.1) is 0 Å². The lowest BCUT2D eigenvalue weighted by molar-refractivity contribution is -0.182. The van der Waals surface area contributed by atoms with Crippen LogP contribution in [0.15, 0.2) is 5.10 Å². The Morgan fingerprint density at radius 2 is 2.56 bits per heavy atom. The molecule has 1 aliphatic rings. The van der Waals surface area contributed by atoms with Crippen molar-refractivity contribution in [3.63, 3.8) is 0 Å². The Hall–Kier alpha value is -0.770. The predicted octanol–water partition coefficient (Wildman–Crippen LogP) is 0.132. The zero-order chi connectivity index (χ0) is 6.69. The monoisotopic (exact) mass is 129 g/mol. The molecule has 0 aromatic rings. The van der Waals surface area contributed by atoms with Gasteiger partial charge in [0, 0.05) is 0 Å². The van der Waals surface area contributed by atoms with Crippen LogP contribution in [0.5, 0.6) is 0 Å². The van der Waals surface area contributed by atoms with E-state index in [1.165, 1.54) is 5.17 Å². The van der Waals surface area contributed by atoms with Gasteiger partial charge in [-0.1, -0.05) is 0 Å². The average molecular weight is 129 g/mol. The maximum absolute atomic E-state index is 5.18. The molecule has 0 saturated heterocycles. The minimum absolute atomic E-state index is 0.196. The molecule has 0 spiro atoms. The molecule has 0 aromatic carbocycles. The van der Waals surface area contributed by atoms with Crippen LogP contribution in [-0.2, 0) is 4.84 Å². The molecule has 0 amide bonds. The van der Waals surface area contributed by atoms with E-state index < -0.39 is 0 Å². The summed E-state index contributed by atoms with van der Waals surface area (Å²) in [7, 11) is 0. The molecular formula is C5H11N3O. The van der Waals surface area contributed by atoms with Crippen LogP contribution in [0.25, 0.3) is 0 Å². The first-order chi connectivity index (χ1) is 4.29. The second kappa shape index (κ2) is 2.68. The van der Waals surface area contributed by atoms with Gasteiger partial charge in [0.25, 0.3) is 0 Å². The zero-order valence-electron chi connectivity index (χ0n) is 5.66. The molecule has 0 aromatic heterocycles. The van der Waals surface area contributed by atoms with E-state index in [0.29, 0.717) is 6.67 Å². The van der Waals surface area contributed by atoms with Crippen molar-refractivity contribution in [1.82, 2.24) is 10.5 Å². The lowest BCUT2D eigenvalue weighted by atomic mass is 10.5. The maximum Gasteiger partial charge on any atom is 0.134 e. The summed E-state index contributed by atoms with van der Waals surface area (Å²) < 4.78 is 0. The van der Waals surface area contributed by atoms with E-state index in [1.807, 2.05) is 13.8 Å². The van der Waals surface area contributed by atoms with Crippen molar-refractivity contribution in [2.75, 3.05) is 6.67 Å². The van der Waals surface area contributed by atoms with Gasteiger partial charge >= 0.3 is 0 Å². The molecule has 0 fully saturated rings. The van der Waals surface area contributed by atoms with E-state index >= 15 is 0 Å². The van der Waals surface area contributed by atoms with Crippen LogP contribution in [0.1, 0.15) is 13.8 Å². The first-order valence-electron chi connectivity index (χ1n) is 2.99. The fourth-order valence-corrected chi connectivity index (χ4v) is 0.573. The van der Waals surface area contributed by atoms with Crippen LogP contribution in [0.4, 0.5) is 0 Å². The second-order valence-corrected chi connectivity index (χ2v) is 2.11. The summed E-state index contributed by atoms with van der Waals surface area (Å²) in [6, 6.07) is 0. The molecule has 0 atom stereocenters. The number of hydrazone groups is 1. The van der Waals surface area contributed by atoms with Gasteiger partial charge in [-0.3, -0.25) is 4.84 Å². The van der Waals surface area contributed by atoms with E-state index in [9.17, 15) is 0 Å². The van der Waals surface area contributed by atoms with Crippen molar-refractivity contribution in [3.05, 3.63) is 0 Å². The summed E-state index contributed by atoms with van der Waals surface area (Å²) >= 11 is 0. The van der Waals surface area contributed by atoms with E-state index in [-0.39, 0.29) is 6.10 Å². The van der Waals surface area contributed by atoms with Crippen molar-refractivity contribution in [2.45, 2.75) is 20.0 Å². The molecule has 0 saturated carbocycles. The highest BCUT2D eigenvalue weighted by molar-refractivity contribution is 5.54. The fraction of sp³-hybridized carbons (Fsp3) is 0.800. The highest BCUT2D eigenvalue weighted by Crippen LogP contribution is 1.97. The van der Waals surface area contributed by atoms with Gasteiger partial charge in [0.1, 0.15) is 13.0 Å². The van der Waals surface area contributed by atoms with Gasteiger partial charge in [-0.2, -0.15) is 5.17 Å². The molecule has 52 valence electrons.